The van der Waals surface area contributed by atoms with Crippen LogP contribution in [-0.4, -0.2) is 21.4 Å². The number of nitrogens with zero attached hydrogens (tertiary/aromatic N) is 3. The fourth-order valence-electron chi connectivity index (χ4n) is 2.54. The van der Waals surface area contributed by atoms with Crippen LogP contribution >= 0.6 is 0 Å². The molecule has 0 bridgehead atoms. The molecule has 100 valence electrons. The van der Waals surface area contributed by atoms with E-state index in [0.717, 1.165) is 17.8 Å². The second-order valence-electron chi connectivity index (χ2n) is 5.67. The summed E-state index contributed by atoms with van der Waals surface area (Å²) in [5.74, 6) is 0. The first-order chi connectivity index (χ1) is 8.27. The summed E-state index contributed by atoms with van der Waals surface area (Å²) in [4.78, 5) is 0. The van der Waals surface area contributed by atoms with Crippen LogP contribution in [0.2, 0.25) is 0 Å². The maximum absolute atomic E-state index is 9.36. The number of rotatable bonds is 5. The molecule has 0 amide bonds. The van der Waals surface area contributed by atoms with Gasteiger partial charge >= 0.3 is 0 Å². The first-order valence-electron chi connectivity index (χ1n) is 6.49. The van der Waals surface area contributed by atoms with E-state index in [-0.39, 0.29) is 6.04 Å². The number of aromatic nitrogens is 2. The van der Waals surface area contributed by atoms with E-state index < -0.39 is 5.54 Å². The highest BCUT2D eigenvalue weighted by atomic mass is 15.3. The maximum atomic E-state index is 9.36. The van der Waals surface area contributed by atoms with Crippen molar-refractivity contribution in [2.24, 2.45) is 0 Å². The largest absolute Gasteiger partial charge is 0.297 e. The lowest BCUT2D eigenvalue weighted by Crippen LogP contribution is -2.46. The van der Waals surface area contributed by atoms with E-state index in [2.05, 4.69) is 50.2 Å². The third-order valence-electron chi connectivity index (χ3n) is 3.02. The molecular formula is C14H24N4. The first-order valence-corrected chi connectivity index (χ1v) is 6.49. The van der Waals surface area contributed by atoms with Crippen LogP contribution < -0.4 is 5.32 Å². The third kappa shape index (κ3) is 3.58. The number of aryl methyl sites for hydroxylation is 2. The Labute approximate surface area is 110 Å². The highest BCUT2D eigenvalue weighted by Gasteiger charge is 2.28. The Morgan fingerprint density at radius 3 is 2.44 bits per heavy atom. The second-order valence-corrected chi connectivity index (χ2v) is 5.67. The van der Waals surface area contributed by atoms with Crippen molar-refractivity contribution >= 4 is 0 Å². The molecule has 1 aromatic heterocycles. The van der Waals surface area contributed by atoms with Gasteiger partial charge in [-0.1, -0.05) is 0 Å². The minimum atomic E-state index is -0.514. The Hall–Kier alpha value is -1.34. The summed E-state index contributed by atoms with van der Waals surface area (Å²) < 4.78 is 2.01. The summed E-state index contributed by atoms with van der Waals surface area (Å²) in [7, 11) is 0. The Morgan fingerprint density at radius 1 is 1.44 bits per heavy atom. The quantitative estimate of drug-likeness (QED) is 0.871. The van der Waals surface area contributed by atoms with Crippen molar-refractivity contribution in [3.8, 4) is 6.07 Å². The zero-order chi connectivity index (χ0) is 13.9. The van der Waals surface area contributed by atoms with Crippen LogP contribution in [0, 0.1) is 25.2 Å². The SMILES string of the molecule is Cc1cc(C)n(C(C)CC(C)(C#N)NC(C)C)n1. The highest BCUT2D eigenvalue weighted by molar-refractivity contribution is 5.10. The molecule has 1 aromatic rings. The monoisotopic (exact) mass is 248 g/mol. The fourth-order valence-corrected chi connectivity index (χ4v) is 2.54. The number of nitriles is 1. The average Bonchev–Trinajstić information content (AvgIpc) is 2.56. The van der Waals surface area contributed by atoms with Crippen LogP contribution in [0.1, 0.15) is 51.5 Å². The van der Waals surface area contributed by atoms with Crippen LogP contribution in [0.25, 0.3) is 0 Å². The van der Waals surface area contributed by atoms with Gasteiger partial charge in [-0.15, -0.1) is 0 Å². The van der Waals surface area contributed by atoms with E-state index in [1.54, 1.807) is 0 Å². The molecule has 0 saturated carbocycles. The van der Waals surface area contributed by atoms with Gasteiger partial charge in [-0.2, -0.15) is 10.4 Å². The average molecular weight is 248 g/mol. The van der Waals surface area contributed by atoms with Crippen LogP contribution in [0.4, 0.5) is 0 Å². The number of hydrogen-bond acceptors (Lipinski definition) is 3. The van der Waals surface area contributed by atoms with E-state index >= 15 is 0 Å². The molecule has 0 saturated heterocycles. The maximum Gasteiger partial charge on any atom is 0.106 e. The molecule has 1 N–H and O–H groups in total. The molecule has 1 rings (SSSR count). The molecule has 0 radical (unpaired) electrons. The third-order valence-corrected chi connectivity index (χ3v) is 3.02. The van der Waals surface area contributed by atoms with Gasteiger partial charge in [0.15, 0.2) is 0 Å². The molecule has 0 aliphatic heterocycles. The van der Waals surface area contributed by atoms with E-state index in [1.807, 2.05) is 18.5 Å². The molecule has 0 aromatic carbocycles. The van der Waals surface area contributed by atoms with Crippen molar-refractivity contribution in [2.75, 3.05) is 0 Å². The molecule has 18 heavy (non-hydrogen) atoms. The minimum Gasteiger partial charge on any atom is -0.297 e. The van der Waals surface area contributed by atoms with Crippen molar-refractivity contribution in [3.05, 3.63) is 17.5 Å². The lowest BCUT2D eigenvalue weighted by Gasteiger charge is -2.29. The fraction of sp³-hybridized carbons (Fsp3) is 0.714. The van der Waals surface area contributed by atoms with Crippen LogP contribution in [0.3, 0.4) is 0 Å². The topological polar surface area (TPSA) is 53.6 Å². The van der Waals surface area contributed by atoms with Crippen molar-refractivity contribution in [3.63, 3.8) is 0 Å². The highest BCUT2D eigenvalue weighted by Crippen LogP contribution is 2.22. The Kier molecular flexibility index (Phi) is 4.53. The zero-order valence-electron chi connectivity index (χ0n) is 12.3. The van der Waals surface area contributed by atoms with Gasteiger partial charge in [-0.25, -0.2) is 0 Å². The molecule has 4 nitrogen and oxygen atoms in total. The van der Waals surface area contributed by atoms with Gasteiger partial charge in [0.25, 0.3) is 0 Å². The predicted molar refractivity (Wildman–Crippen MR) is 73.3 cm³/mol. The van der Waals surface area contributed by atoms with Gasteiger partial charge in [0, 0.05) is 18.2 Å². The van der Waals surface area contributed by atoms with Gasteiger partial charge in [-0.05, 0) is 47.6 Å². The molecule has 0 fully saturated rings. The van der Waals surface area contributed by atoms with Gasteiger partial charge in [0.1, 0.15) is 5.54 Å². The standard InChI is InChI=1S/C14H24N4/c1-10(2)16-14(6,9-15)8-13(5)18-12(4)7-11(3)17-18/h7,10,13,16H,8H2,1-6H3. The molecule has 0 aliphatic rings. The molecule has 4 heteroatoms. The number of hydrogen-bond donors (Lipinski definition) is 1. The van der Waals surface area contributed by atoms with Crippen molar-refractivity contribution in [1.29, 1.82) is 5.26 Å². The van der Waals surface area contributed by atoms with Crippen molar-refractivity contribution < 1.29 is 0 Å². The summed E-state index contributed by atoms with van der Waals surface area (Å²) in [6.45, 7) is 12.2. The molecule has 2 atom stereocenters. The van der Waals surface area contributed by atoms with Gasteiger partial charge in [0.05, 0.1) is 17.8 Å². The summed E-state index contributed by atoms with van der Waals surface area (Å²) in [6, 6.07) is 4.95. The Bertz CT molecular complexity index is 441. The predicted octanol–water partition coefficient (Wildman–Crippen LogP) is 2.73. The van der Waals surface area contributed by atoms with Crippen LogP contribution in [-0.2, 0) is 0 Å². The summed E-state index contributed by atoms with van der Waals surface area (Å²) in [5.41, 5.74) is 1.65. The Morgan fingerprint density at radius 2 is 2.06 bits per heavy atom. The minimum absolute atomic E-state index is 0.203. The van der Waals surface area contributed by atoms with Gasteiger partial charge < -0.3 is 0 Å². The second kappa shape index (κ2) is 5.53. The zero-order valence-corrected chi connectivity index (χ0v) is 12.3. The molecule has 0 spiro atoms. The smallest absolute Gasteiger partial charge is 0.106 e. The van der Waals surface area contributed by atoms with E-state index in [0.29, 0.717) is 6.04 Å². The summed E-state index contributed by atoms with van der Waals surface area (Å²) in [6.07, 6.45) is 0.740. The molecule has 0 aliphatic carbocycles. The molecule has 2 unspecified atom stereocenters. The first kappa shape index (κ1) is 14.7. The van der Waals surface area contributed by atoms with E-state index in [9.17, 15) is 5.26 Å². The Balaban J connectivity index is 2.83. The van der Waals surface area contributed by atoms with E-state index in [4.69, 9.17) is 0 Å². The van der Waals surface area contributed by atoms with Gasteiger partial charge in [0.2, 0.25) is 0 Å². The lowest BCUT2D eigenvalue weighted by molar-refractivity contribution is 0.312. The summed E-state index contributed by atoms with van der Waals surface area (Å²) >= 11 is 0. The van der Waals surface area contributed by atoms with E-state index in [1.165, 1.54) is 0 Å². The van der Waals surface area contributed by atoms with Gasteiger partial charge in [-0.3, -0.25) is 10.00 Å². The van der Waals surface area contributed by atoms with Crippen LogP contribution in [0.15, 0.2) is 6.07 Å². The molecule has 1 heterocycles. The lowest BCUT2D eigenvalue weighted by atomic mass is 9.94. The van der Waals surface area contributed by atoms with Crippen molar-refractivity contribution in [2.45, 2.75) is 65.6 Å². The van der Waals surface area contributed by atoms with Crippen molar-refractivity contribution in [1.82, 2.24) is 15.1 Å². The number of nitrogens with one attached hydrogen (secondary N) is 1. The summed E-state index contributed by atoms with van der Waals surface area (Å²) in [5, 5.41) is 17.2. The molecular weight excluding hydrogens is 224 g/mol. The van der Waals surface area contributed by atoms with Crippen LogP contribution in [0.5, 0.6) is 0 Å². The normalized spacial score (nSPS) is 16.3.